The van der Waals surface area contributed by atoms with E-state index in [1.165, 1.54) is 19.3 Å². The Morgan fingerprint density at radius 3 is 2.39 bits per heavy atom. The first kappa shape index (κ1) is 12.4. The van der Waals surface area contributed by atoms with Gasteiger partial charge >= 0.3 is 0 Å². The SMILES string of the molecule is COC1(C(=O)NC23CCC(CC2)CC3)CCOC1. The summed E-state index contributed by atoms with van der Waals surface area (Å²) in [5, 5.41) is 3.31. The van der Waals surface area contributed by atoms with Gasteiger partial charge in [-0.3, -0.25) is 4.79 Å². The molecule has 1 N–H and O–H groups in total. The van der Waals surface area contributed by atoms with E-state index in [2.05, 4.69) is 5.32 Å². The van der Waals surface area contributed by atoms with E-state index in [0.717, 1.165) is 25.2 Å². The summed E-state index contributed by atoms with van der Waals surface area (Å²) in [6, 6.07) is 0. The van der Waals surface area contributed by atoms with Gasteiger partial charge in [-0.1, -0.05) is 0 Å². The quantitative estimate of drug-likeness (QED) is 0.831. The average Bonchev–Trinajstić information content (AvgIpc) is 2.90. The predicted molar refractivity (Wildman–Crippen MR) is 67.2 cm³/mol. The average molecular weight is 253 g/mol. The van der Waals surface area contributed by atoms with Crippen LogP contribution < -0.4 is 5.32 Å². The largest absolute Gasteiger partial charge is 0.378 e. The second kappa shape index (κ2) is 4.49. The van der Waals surface area contributed by atoms with Gasteiger partial charge < -0.3 is 14.8 Å². The van der Waals surface area contributed by atoms with E-state index >= 15 is 0 Å². The third-order valence-corrected chi connectivity index (χ3v) is 5.26. The lowest BCUT2D eigenvalue weighted by atomic mass is 9.65. The van der Waals surface area contributed by atoms with Crippen molar-refractivity contribution in [2.75, 3.05) is 20.3 Å². The Hall–Kier alpha value is -0.610. The van der Waals surface area contributed by atoms with Crippen LogP contribution >= 0.6 is 0 Å². The van der Waals surface area contributed by atoms with Gasteiger partial charge in [0, 0.05) is 19.1 Å². The molecular weight excluding hydrogens is 230 g/mol. The molecule has 0 aromatic carbocycles. The Labute approximate surface area is 108 Å². The maximum Gasteiger partial charge on any atom is 0.255 e. The summed E-state index contributed by atoms with van der Waals surface area (Å²) < 4.78 is 10.8. The number of methoxy groups -OCH3 is 1. The molecule has 102 valence electrons. The van der Waals surface area contributed by atoms with E-state index in [4.69, 9.17) is 9.47 Å². The van der Waals surface area contributed by atoms with Crippen molar-refractivity contribution in [3.05, 3.63) is 0 Å². The number of ether oxygens (including phenoxy) is 2. The number of hydrogen-bond donors (Lipinski definition) is 1. The fourth-order valence-corrected chi connectivity index (χ4v) is 3.77. The van der Waals surface area contributed by atoms with E-state index in [9.17, 15) is 4.79 Å². The second-order valence-corrected chi connectivity index (χ2v) is 6.22. The fraction of sp³-hybridized carbons (Fsp3) is 0.929. The molecule has 0 spiro atoms. The summed E-state index contributed by atoms with van der Waals surface area (Å²) in [5.74, 6) is 0.956. The molecule has 1 saturated heterocycles. The Kier molecular flexibility index (Phi) is 3.10. The second-order valence-electron chi connectivity index (χ2n) is 6.22. The first-order valence-corrected chi connectivity index (χ1v) is 7.14. The molecule has 2 bridgehead atoms. The van der Waals surface area contributed by atoms with Gasteiger partial charge in [0.2, 0.25) is 0 Å². The topological polar surface area (TPSA) is 47.6 Å². The van der Waals surface area contributed by atoms with Gasteiger partial charge in [-0.25, -0.2) is 0 Å². The van der Waals surface area contributed by atoms with Gasteiger partial charge in [0.15, 0.2) is 5.60 Å². The van der Waals surface area contributed by atoms with Crippen LogP contribution in [-0.2, 0) is 14.3 Å². The van der Waals surface area contributed by atoms with Crippen molar-refractivity contribution in [2.45, 2.75) is 56.1 Å². The van der Waals surface area contributed by atoms with E-state index in [0.29, 0.717) is 19.6 Å². The highest BCUT2D eigenvalue weighted by atomic mass is 16.6. The molecule has 4 aliphatic rings. The van der Waals surface area contributed by atoms with Crippen LogP contribution in [0.15, 0.2) is 0 Å². The fourth-order valence-electron chi connectivity index (χ4n) is 3.77. The van der Waals surface area contributed by atoms with E-state index in [1.807, 2.05) is 0 Å². The number of nitrogens with one attached hydrogen (secondary N) is 1. The van der Waals surface area contributed by atoms with Gasteiger partial charge in [0.1, 0.15) is 0 Å². The molecule has 0 radical (unpaired) electrons. The number of amides is 1. The smallest absolute Gasteiger partial charge is 0.255 e. The van der Waals surface area contributed by atoms with Crippen molar-refractivity contribution in [3.63, 3.8) is 0 Å². The molecule has 0 aromatic heterocycles. The monoisotopic (exact) mass is 253 g/mol. The first-order chi connectivity index (χ1) is 8.68. The van der Waals surface area contributed by atoms with Crippen LogP contribution in [0.1, 0.15) is 44.9 Å². The Morgan fingerprint density at radius 1 is 1.22 bits per heavy atom. The highest BCUT2D eigenvalue weighted by Crippen LogP contribution is 2.44. The molecule has 3 aliphatic carbocycles. The van der Waals surface area contributed by atoms with E-state index < -0.39 is 5.60 Å². The molecule has 3 saturated carbocycles. The van der Waals surface area contributed by atoms with Gasteiger partial charge in [-0.2, -0.15) is 0 Å². The zero-order valence-corrected chi connectivity index (χ0v) is 11.2. The maximum atomic E-state index is 12.5. The molecule has 4 rings (SSSR count). The first-order valence-electron chi connectivity index (χ1n) is 7.14. The standard InChI is InChI=1S/C14H23NO3/c1-17-14(8-9-18-10-14)12(16)15-13-5-2-11(3-6-13)4-7-13/h11H,2-10H2,1H3,(H,15,16). The molecule has 18 heavy (non-hydrogen) atoms. The van der Waals surface area contributed by atoms with Crippen LogP contribution in [0.4, 0.5) is 0 Å². The molecular formula is C14H23NO3. The van der Waals surface area contributed by atoms with Gasteiger partial charge in [-0.15, -0.1) is 0 Å². The highest BCUT2D eigenvalue weighted by molar-refractivity contribution is 5.86. The van der Waals surface area contributed by atoms with Gasteiger partial charge in [0.05, 0.1) is 13.2 Å². The lowest BCUT2D eigenvalue weighted by molar-refractivity contribution is -0.147. The lowest BCUT2D eigenvalue weighted by Gasteiger charge is -2.48. The minimum Gasteiger partial charge on any atom is -0.378 e. The minimum absolute atomic E-state index is 0.0443. The zero-order chi connectivity index (χ0) is 12.6. The molecule has 4 fully saturated rings. The number of rotatable bonds is 3. The molecule has 1 unspecified atom stereocenters. The summed E-state index contributed by atoms with van der Waals surface area (Å²) in [7, 11) is 1.61. The Morgan fingerprint density at radius 2 is 1.89 bits per heavy atom. The summed E-state index contributed by atoms with van der Waals surface area (Å²) in [6.07, 6.45) is 7.93. The summed E-state index contributed by atoms with van der Waals surface area (Å²) in [5.41, 5.74) is -0.678. The molecule has 1 aliphatic heterocycles. The summed E-state index contributed by atoms with van der Waals surface area (Å²) in [6.45, 7) is 1.02. The summed E-state index contributed by atoms with van der Waals surface area (Å²) >= 11 is 0. The predicted octanol–water partition coefficient (Wildman–Crippen LogP) is 1.63. The highest BCUT2D eigenvalue weighted by Gasteiger charge is 2.48. The van der Waals surface area contributed by atoms with Gasteiger partial charge in [0.25, 0.3) is 5.91 Å². The van der Waals surface area contributed by atoms with E-state index in [1.54, 1.807) is 7.11 Å². The van der Waals surface area contributed by atoms with Crippen molar-refractivity contribution in [1.29, 1.82) is 0 Å². The lowest BCUT2D eigenvalue weighted by Crippen LogP contribution is -2.60. The molecule has 0 aromatic rings. The van der Waals surface area contributed by atoms with Crippen molar-refractivity contribution < 1.29 is 14.3 Å². The maximum absolute atomic E-state index is 12.5. The molecule has 4 heteroatoms. The van der Waals surface area contributed by atoms with E-state index in [-0.39, 0.29) is 11.4 Å². The van der Waals surface area contributed by atoms with Crippen LogP contribution in [0, 0.1) is 5.92 Å². The van der Waals surface area contributed by atoms with Crippen molar-refractivity contribution in [2.24, 2.45) is 5.92 Å². The van der Waals surface area contributed by atoms with Crippen LogP contribution in [0.2, 0.25) is 0 Å². The Balaban J connectivity index is 1.70. The van der Waals surface area contributed by atoms with Crippen molar-refractivity contribution in [3.8, 4) is 0 Å². The van der Waals surface area contributed by atoms with Crippen LogP contribution in [0.5, 0.6) is 0 Å². The van der Waals surface area contributed by atoms with Crippen LogP contribution in [-0.4, -0.2) is 37.4 Å². The van der Waals surface area contributed by atoms with Gasteiger partial charge in [-0.05, 0) is 44.4 Å². The van der Waals surface area contributed by atoms with Crippen molar-refractivity contribution in [1.82, 2.24) is 5.32 Å². The third kappa shape index (κ3) is 1.95. The Bertz CT molecular complexity index is 314. The zero-order valence-electron chi connectivity index (χ0n) is 11.2. The van der Waals surface area contributed by atoms with Crippen LogP contribution in [0.3, 0.4) is 0 Å². The number of carbonyl (C=O) groups is 1. The number of fused-ring (bicyclic) bond motifs is 3. The number of hydrogen-bond acceptors (Lipinski definition) is 3. The summed E-state index contributed by atoms with van der Waals surface area (Å²) in [4.78, 5) is 12.5. The molecule has 1 heterocycles. The van der Waals surface area contributed by atoms with Crippen molar-refractivity contribution >= 4 is 5.91 Å². The normalized spacial score (nSPS) is 43.1. The third-order valence-electron chi connectivity index (χ3n) is 5.26. The van der Waals surface area contributed by atoms with Crippen LogP contribution in [0.25, 0.3) is 0 Å². The minimum atomic E-state index is -0.733. The molecule has 4 nitrogen and oxygen atoms in total. The number of carbonyl (C=O) groups excluding carboxylic acids is 1. The molecule has 1 amide bonds. The molecule has 1 atom stereocenters.